The quantitative estimate of drug-likeness (QED) is 0.373. The van der Waals surface area contributed by atoms with Gasteiger partial charge in [0, 0.05) is 0 Å². The molecule has 4 heavy (non-hydrogen) atoms. The van der Waals surface area contributed by atoms with Gasteiger partial charge in [0.1, 0.15) is 0 Å². The van der Waals surface area contributed by atoms with Crippen molar-refractivity contribution in [1.82, 2.24) is 0 Å². The van der Waals surface area contributed by atoms with Crippen LogP contribution in [-0.2, 0) is 0 Å². The van der Waals surface area contributed by atoms with Gasteiger partial charge in [-0.15, -0.1) is 5.65 Å². The topological polar surface area (TPSA) is 18.5 Å². The first-order valence-corrected chi connectivity index (χ1v) is 0.627. The van der Waals surface area contributed by atoms with E-state index in [2.05, 4.69) is 11.5 Å². The summed E-state index contributed by atoms with van der Waals surface area (Å²) in [6, 6.07) is 0. The van der Waals surface area contributed by atoms with E-state index in [-0.39, 0.29) is 0 Å². The highest BCUT2D eigenvalue weighted by atomic mass is 19.2. The zero-order valence-electron chi connectivity index (χ0n) is 1.85. The average molecular weight is 60.0 g/mol. The van der Waals surface area contributed by atoms with Crippen molar-refractivity contribution in [2.24, 2.45) is 0 Å². The van der Waals surface area contributed by atoms with Crippen LogP contribution in [0.5, 0.6) is 0 Å². The summed E-state index contributed by atoms with van der Waals surface area (Å²) in [5, 5.41) is 0. The first-order chi connectivity index (χ1) is 1.91. The molecule has 0 aromatic heterocycles. The van der Waals surface area contributed by atoms with Crippen LogP contribution in [0, 0.1) is 6.57 Å². The molecule has 22 valence electrons. The monoisotopic (exact) mass is 60.0 g/mol. The molecule has 0 saturated heterocycles. The summed E-state index contributed by atoms with van der Waals surface area (Å²) in [6.07, 6.45) is 0. The van der Waals surface area contributed by atoms with Gasteiger partial charge in [-0.3, -0.25) is 4.48 Å². The molecule has 0 radical (unpaired) electrons. The Bertz CT molecular complexity index is 35.8. The van der Waals surface area contributed by atoms with Crippen LogP contribution in [0.1, 0.15) is 0 Å². The smallest absolute Gasteiger partial charge is 0.259 e. The first-order valence-electron chi connectivity index (χ1n) is 0.627. The summed E-state index contributed by atoms with van der Waals surface area (Å²) in [7, 11) is 0. The van der Waals surface area contributed by atoms with E-state index in [1.54, 1.807) is 5.65 Å². The molecule has 0 saturated carbocycles. The number of halogens is 1. The van der Waals surface area contributed by atoms with Gasteiger partial charge in [-0.2, -0.15) is 0 Å². The highest BCUT2D eigenvalue weighted by Crippen LogP contribution is 1.79. The van der Waals surface area contributed by atoms with Crippen LogP contribution in [0.4, 0.5) is 4.48 Å². The van der Waals surface area contributed by atoms with Gasteiger partial charge in [-0.05, 0) is 0 Å². The lowest BCUT2D eigenvalue weighted by molar-refractivity contribution is 0.673. The van der Waals surface area contributed by atoms with E-state index in [1.165, 1.54) is 0 Å². The van der Waals surface area contributed by atoms with E-state index >= 15 is 0 Å². The second kappa shape index (κ2) is 2.22. The highest BCUT2D eigenvalue weighted by molar-refractivity contribution is 4.71. The van der Waals surface area contributed by atoms with Crippen LogP contribution in [0.15, 0.2) is 0 Å². The Kier molecular flexibility index (Phi) is 1.79. The van der Waals surface area contributed by atoms with E-state index in [4.69, 9.17) is 0 Å². The normalized spacial score (nSPS) is 4.00. The largest absolute Gasteiger partial charge is 0.259 e. The average Bonchev–Trinajstić information content (AvgIpc) is 1.37. The molecule has 0 aliphatic carbocycles. The van der Waals surface area contributed by atoms with Crippen molar-refractivity contribution >= 4 is 0 Å². The SMILES string of the molecule is C#[N+][N-]F. The van der Waals surface area contributed by atoms with Gasteiger partial charge in [0.15, 0.2) is 0 Å². The predicted octanol–water partition coefficient (Wildman–Crippen LogP) is 1.12. The van der Waals surface area contributed by atoms with Crippen LogP contribution in [0.3, 0.4) is 0 Å². The van der Waals surface area contributed by atoms with Crippen LogP contribution in [0.25, 0.3) is 10.6 Å². The second-order valence-corrected chi connectivity index (χ2v) is 0.191. The summed E-state index contributed by atoms with van der Waals surface area (Å²) in [4.78, 5) is 2.19. The molecule has 0 aliphatic heterocycles. The summed E-state index contributed by atoms with van der Waals surface area (Å²) < 4.78 is 10.1. The van der Waals surface area contributed by atoms with Gasteiger partial charge < -0.3 is 0 Å². The minimum atomic E-state index is 1.64. The molecule has 2 nitrogen and oxygen atoms in total. The highest BCUT2D eigenvalue weighted by Gasteiger charge is 1.36. The molecule has 0 aromatic carbocycles. The number of rotatable bonds is 0. The van der Waals surface area contributed by atoms with E-state index < -0.39 is 0 Å². The molecule has 0 N–H and O–H groups in total. The fourth-order valence-electron chi connectivity index (χ4n) is 0. The Labute approximate surface area is 23.0 Å². The zero-order valence-corrected chi connectivity index (χ0v) is 1.85. The molecular formula is CHFN2. The third-order valence-corrected chi connectivity index (χ3v) is 0.0436. The van der Waals surface area contributed by atoms with Crippen molar-refractivity contribution in [3.05, 3.63) is 10.6 Å². The molecule has 0 amide bonds. The van der Waals surface area contributed by atoms with Crippen LogP contribution >= 0.6 is 0 Å². The minimum Gasteiger partial charge on any atom is -0.259 e. The minimum absolute atomic E-state index is 1.64. The first kappa shape index (κ1) is 3.22. The van der Waals surface area contributed by atoms with Crippen molar-refractivity contribution < 1.29 is 4.48 Å². The zero-order chi connectivity index (χ0) is 3.41. The Morgan fingerprint density at radius 3 is 2.25 bits per heavy atom. The lowest BCUT2D eigenvalue weighted by atomic mass is 11.8. The maximum Gasteiger partial charge on any atom is 0.259 e. The summed E-state index contributed by atoms with van der Waals surface area (Å²) >= 11 is 0. The number of hydrogen-bond donors (Lipinski definition) is 0. The molecule has 0 unspecified atom stereocenters. The standard InChI is InChI=1S/CHFN2/c1-3-4-2/h1H. The second-order valence-electron chi connectivity index (χ2n) is 0.191. The van der Waals surface area contributed by atoms with Gasteiger partial charge in [0.05, 0.1) is 0 Å². The molecular weight excluding hydrogens is 59.0 g/mol. The molecule has 0 atom stereocenters. The molecule has 0 fully saturated rings. The maximum absolute atomic E-state index is 10.1. The van der Waals surface area contributed by atoms with E-state index in [9.17, 15) is 4.48 Å². The number of hydrogen-bond acceptors (Lipinski definition) is 0. The summed E-state index contributed by atoms with van der Waals surface area (Å²) in [6.45, 7) is 4.11. The van der Waals surface area contributed by atoms with Gasteiger partial charge in [-0.1, -0.05) is 4.95 Å². The third kappa shape index (κ3) is 1.22. The van der Waals surface area contributed by atoms with Gasteiger partial charge in [0.2, 0.25) is 0 Å². The molecule has 0 spiro atoms. The van der Waals surface area contributed by atoms with E-state index in [1.807, 2.05) is 0 Å². The van der Waals surface area contributed by atoms with Crippen LogP contribution in [0.2, 0.25) is 0 Å². The molecule has 0 heterocycles. The number of nitrogens with zero attached hydrogens (tertiary/aromatic N) is 2. The fraction of sp³-hybridized carbons (Fsp3) is 0. The van der Waals surface area contributed by atoms with Crippen molar-refractivity contribution in [3.63, 3.8) is 0 Å². The van der Waals surface area contributed by atoms with Crippen molar-refractivity contribution in [2.45, 2.75) is 0 Å². The van der Waals surface area contributed by atoms with Gasteiger partial charge >= 0.3 is 0 Å². The molecule has 0 aromatic rings. The Balaban J connectivity index is 2.43. The maximum atomic E-state index is 10.1. The summed E-state index contributed by atoms with van der Waals surface area (Å²) in [5.41, 5.74) is 1.64. The van der Waals surface area contributed by atoms with Crippen LogP contribution in [-0.4, -0.2) is 0 Å². The Morgan fingerprint density at radius 2 is 2.25 bits per heavy atom. The van der Waals surface area contributed by atoms with E-state index in [0.717, 1.165) is 0 Å². The lowest BCUT2D eigenvalue weighted by Crippen LogP contribution is -1.18. The lowest BCUT2D eigenvalue weighted by Gasteiger charge is -1.61. The van der Waals surface area contributed by atoms with Crippen molar-refractivity contribution in [2.75, 3.05) is 0 Å². The Hall–Kier alpha value is -0.780. The molecule has 3 heteroatoms. The van der Waals surface area contributed by atoms with E-state index in [0.29, 0.717) is 0 Å². The third-order valence-electron chi connectivity index (χ3n) is 0.0436. The molecule has 0 rings (SSSR count). The fourth-order valence-corrected chi connectivity index (χ4v) is 0. The Morgan fingerprint density at radius 1 is 2.00 bits per heavy atom. The van der Waals surface area contributed by atoms with Gasteiger partial charge in [0.25, 0.3) is 6.57 Å². The van der Waals surface area contributed by atoms with Crippen molar-refractivity contribution in [1.29, 1.82) is 0 Å². The predicted molar refractivity (Wildman–Crippen MR) is 12.8 cm³/mol. The molecule has 0 bridgehead atoms. The molecule has 0 aliphatic rings. The van der Waals surface area contributed by atoms with Crippen LogP contribution < -0.4 is 0 Å². The van der Waals surface area contributed by atoms with Gasteiger partial charge in [-0.25, -0.2) is 0 Å². The van der Waals surface area contributed by atoms with Crippen molar-refractivity contribution in [3.8, 4) is 6.57 Å². The summed E-state index contributed by atoms with van der Waals surface area (Å²) in [5.74, 6) is 0.